The van der Waals surface area contributed by atoms with Crippen LogP contribution in [-0.2, 0) is 4.74 Å². The van der Waals surface area contributed by atoms with Crippen LogP contribution >= 0.6 is 10.6 Å². The van der Waals surface area contributed by atoms with Crippen molar-refractivity contribution in [1.29, 1.82) is 5.26 Å². The fourth-order valence-electron chi connectivity index (χ4n) is 3.68. The van der Waals surface area contributed by atoms with Gasteiger partial charge in [0, 0.05) is 23.6 Å². The lowest BCUT2D eigenvalue weighted by Gasteiger charge is -2.44. The van der Waals surface area contributed by atoms with Crippen LogP contribution in [0.1, 0.15) is 38.6 Å². The number of hydrogen-bond donors (Lipinski definition) is 5. The molecule has 0 saturated carbocycles. The molecule has 1 aliphatic rings. The van der Waals surface area contributed by atoms with Gasteiger partial charge in [0.15, 0.2) is 5.69 Å². The number of methoxy groups -OCH3 is 1. The van der Waals surface area contributed by atoms with Crippen molar-refractivity contribution in [1.82, 2.24) is 15.3 Å². The Hall–Kier alpha value is -3.27. The molecule has 11 nitrogen and oxygen atoms in total. The van der Waals surface area contributed by atoms with Crippen LogP contribution in [0.15, 0.2) is 24.4 Å². The normalized spacial score (nSPS) is 20.2. The van der Waals surface area contributed by atoms with Gasteiger partial charge in [-0.2, -0.15) is 15.9 Å². The first kappa shape index (κ1) is 26.3. The van der Waals surface area contributed by atoms with Gasteiger partial charge in [0.25, 0.3) is 0 Å². The largest absolute Gasteiger partial charge is 0.497 e. The highest BCUT2D eigenvalue weighted by Crippen LogP contribution is 2.44. The molecule has 0 spiro atoms. The predicted octanol–water partition coefficient (Wildman–Crippen LogP) is 4.24. The van der Waals surface area contributed by atoms with E-state index in [-0.39, 0.29) is 17.2 Å². The van der Waals surface area contributed by atoms with Crippen molar-refractivity contribution in [3.05, 3.63) is 35.8 Å². The fourth-order valence-corrected chi connectivity index (χ4v) is 5.37. The van der Waals surface area contributed by atoms with Crippen molar-refractivity contribution in [2.45, 2.75) is 51.8 Å². The second-order valence-electron chi connectivity index (χ2n) is 9.36. The Kier molecular flexibility index (Phi) is 7.94. The van der Waals surface area contributed by atoms with Crippen molar-refractivity contribution in [3.8, 4) is 11.8 Å². The minimum Gasteiger partial charge on any atom is -0.497 e. The van der Waals surface area contributed by atoms with Crippen LogP contribution in [0.2, 0.25) is 0 Å². The molecule has 3 heterocycles. The molecular weight excluding hydrogens is 472 g/mol. The molecule has 5 N–H and O–H groups in total. The number of nitrogens with one attached hydrogen (secondary N) is 3. The van der Waals surface area contributed by atoms with E-state index in [4.69, 9.17) is 9.47 Å². The number of carbonyl (C=O) groups is 1. The summed E-state index contributed by atoms with van der Waals surface area (Å²) in [6.45, 7) is 7.15. The molecule has 3 rings (SSSR count). The lowest BCUT2D eigenvalue weighted by molar-refractivity contribution is 0.0497. The first-order chi connectivity index (χ1) is 16.4. The molecule has 0 bridgehead atoms. The van der Waals surface area contributed by atoms with E-state index in [1.54, 1.807) is 46.1 Å². The molecule has 190 valence electrons. The minimum absolute atomic E-state index is 0.0485. The highest BCUT2D eigenvalue weighted by atomic mass is 32.3. The van der Waals surface area contributed by atoms with Crippen LogP contribution in [0.4, 0.5) is 22.0 Å². The molecule has 35 heavy (non-hydrogen) atoms. The van der Waals surface area contributed by atoms with E-state index in [0.717, 1.165) is 5.69 Å². The van der Waals surface area contributed by atoms with Gasteiger partial charge in [0.2, 0.25) is 0 Å². The molecule has 1 fully saturated rings. The Morgan fingerprint density at radius 1 is 1.26 bits per heavy atom. The summed E-state index contributed by atoms with van der Waals surface area (Å²) in [5, 5.41) is 18.7. The SMILES string of the molecule is COc1cc(C)nc(Nc2cc(N[C@@H]3CS(O)(O)CC[C@@H]3NC(=O)OC(C)(C)C)cnc2C#N)c1. The zero-order chi connectivity index (χ0) is 25.8. The van der Waals surface area contributed by atoms with E-state index in [2.05, 4.69) is 25.9 Å². The van der Waals surface area contributed by atoms with Gasteiger partial charge in [-0.1, -0.05) is 0 Å². The number of carbonyl (C=O) groups excluding carboxylic acids is 1. The van der Waals surface area contributed by atoms with Crippen LogP contribution in [-0.4, -0.2) is 61.5 Å². The molecule has 2 atom stereocenters. The Balaban J connectivity index is 1.83. The Morgan fingerprint density at radius 3 is 2.66 bits per heavy atom. The highest BCUT2D eigenvalue weighted by molar-refractivity contribution is 8.24. The number of nitrogens with zero attached hydrogens (tertiary/aromatic N) is 3. The van der Waals surface area contributed by atoms with Crippen molar-refractivity contribution >= 4 is 33.9 Å². The maximum atomic E-state index is 12.4. The van der Waals surface area contributed by atoms with Gasteiger partial charge in [-0.05, 0) is 40.2 Å². The van der Waals surface area contributed by atoms with Crippen molar-refractivity contribution in [2.75, 3.05) is 29.2 Å². The summed E-state index contributed by atoms with van der Waals surface area (Å²) in [6.07, 6.45) is 1.27. The smallest absolute Gasteiger partial charge is 0.407 e. The average Bonchev–Trinajstić information content (AvgIpc) is 2.74. The van der Waals surface area contributed by atoms with E-state index in [1.165, 1.54) is 6.20 Å². The van der Waals surface area contributed by atoms with Gasteiger partial charge >= 0.3 is 6.09 Å². The number of rotatable bonds is 6. The second kappa shape index (κ2) is 10.6. The maximum absolute atomic E-state index is 12.4. The highest BCUT2D eigenvalue weighted by Gasteiger charge is 2.35. The average molecular weight is 505 g/mol. The standard InChI is InChI=1S/C23H32N6O5S/c1-14-8-16(33-5)10-21(26-14)28-18-9-15(12-25-19(18)11-24)27-20-13-35(31,32)7-6-17(20)29-22(30)34-23(2,3)4/h8-10,12,17,20,27,31-32H,6-7,13H2,1-5H3,(H,26,28)(H,29,30)/t17-,20+/m0/s1. The van der Waals surface area contributed by atoms with Crippen molar-refractivity contribution in [3.63, 3.8) is 0 Å². The van der Waals surface area contributed by atoms with Gasteiger partial charge in [-0.3, -0.25) is 9.11 Å². The summed E-state index contributed by atoms with van der Waals surface area (Å²) < 4.78 is 31.3. The predicted molar refractivity (Wildman–Crippen MR) is 136 cm³/mol. The van der Waals surface area contributed by atoms with Gasteiger partial charge in [-0.15, -0.1) is 0 Å². The topological polar surface area (TPSA) is 162 Å². The number of alkyl carbamates (subject to hydrolysis) is 1. The molecular formula is C23H32N6O5S. The molecule has 2 aromatic rings. The second-order valence-corrected chi connectivity index (χ2v) is 11.7. The molecule has 2 aromatic heterocycles. The molecule has 1 amide bonds. The van der Waals surface area contributed by atoms with Crippen LogP contribution in [0, 0.1) is 18.3 Å². The van der Waals surface area contributed by atoms with Crippen LogP contribution in [0.25, 0.3) is 0 Å². The summed E-state index contributed by atoms with van der Waals surface area (Å²) in [7, 11) is -1.25. The number of hydrogen-bond acceptors (Lipinski definition) is 10. The monoisotopic (exact) mass is 504 g/mol. The van der Waals surface area contributed by atoms with E-state index >= 15 is 0 Å². The van der Waals surface area contributed by atoms with Crippen LogP contribution in [0.5, 0.6) is 5.75 Å². The molecule has 1 aliphatic heterocycles. The number of amides is 1. The fraction of sp³-hybridized carbons (Fsp3) is 0.478. The zero-order valence-electron chi connectivity index (χ0n) is 20.5. The third-order valence-electron chi connectivity index (χ3n) is 5.16. The van der Waals surface area contributed by atoms with E-state index < -0.39 is 34.4 Å². The van der Waals surface area contributed by atoms with Gasteiger partial charge in [0.1, 0.15) is 23.2 Å². The minimum atomic E-state index is -2.81. The molecule has 0 aliphatic carbocycles. The summed E-state index contributed by atoms with van der Waals surface area (Å²) in [4.78, 5) is 21.0. The van der Waals surface area contributed by atoms with Crippen LogP contribution < -0.4 is 20.7 Å². The number of pyridine rings is 2. The number of aromatic nitrogens is 2. The number of nitriles is 1. The first-order valence-corrected chi connectivity index (χ1v) is 13.0. The zero-order valence-corrected chi connectivity index (χ0v) is 21.3. The summed E-state index contributed by atoms with van der Waals surface area (Å²) in [6, 6.07) is 6.32. The quantitative estimate of drug-likeness (QED) is 0.385. The van der Waals surface area contributed by atoms with Gasteiger partial charge < -0.3 is 25.4 Å². The molecule has 0 unspecified atom stereocenters. The van der Waals surface area contributed by atoms with E-state index in [9.17, 15) is 19.2 Å². The van der Waals surface area contributed by atoms with Gasteiger partial charge in [-0.25, -0.2) is 14.8 Å². The summed E-state index contributed by atoms with van der Waals surface area (Å²) in [5.74, 6) is 1.33. The first-order valence-electron chi connectivity index (χ1n) is 11.1. The summed E-state index contributed by atoms with van der Waals surface area (Å²) in [5.41, 5.74) is 1.18. The summed E-state index contributed by atoms with van der Waals surface area (Å²) >= 11 is 0. The van der Waals surface area contributed by atoms with Gasteiger partial charge in [0.05, 0.1) is 42.5 Å². The Bertz CT molecular complexity index is 1110. The lowest BCUT2D eigenvalue weighted by Crippen LogP contribution is -2.53. The van der Waals surface area contributed by atoms with E-state index in [0.29, 0.717) is 29.4 Å². The third-order valence-corrected chi connectivity index (χ3v) is 6.94. The number of aryl methyl sites for hydroxylation is 1. The molecule has 0 aromatic carbocycles. The van der Waals surface area contributed by atoms with Crippen molar-refractivity contribution < 1.29 is 23.4 Å². The van der Waals surface area contributed by atoms with Crippen LogP contribution in [0.3, 0.4) is 0 Å². The van der Waals surface area contributed by atoms with E-state index in [1.807, 2.05) is 13.0 Å². The third kappa shape index (κ3) is 7.61. The molecule has 0 radical (unpaired) electrons. The Labute approximate surface area is 206 Å². The lowest BCUT2D eigenvalue weighted by atomic mass is 10.1. The molecule has 12 heteroatoms. The maximum Gasteiger partial charge on any atom is 0.407 e. The Morgan fingerprint density at radius 2 is 2.00 bits per heavy atom. The molecule has 1 saturated heterocycles. The van der Waals surface area contributed by atoms with Crippen molar-refractivity contribution in [2.24, 2.45) is 0 Å². The number of anilines is 3. The number of ether oxygens (including phenoxy) is 2.